The summed E-state index contributed by atoms with van der Waals surface area (Å²) in [5.74, 6) is 0.468. The van der Waals surface area contributed by atoms with Gasteiger partial charge in [-0.15, -0.1) is 0 Å². The Morgan fingerprint density at radius 2 is 2.10 bits per heavy atom. The summed E-state index contributed by atoms with van der Waals surface area (Å²) in [5.41, 5.74) is 1.06. The third-order valence-electron chi connectivity index (χ3n) is 4.24. The van der Waals surface area contributed by atoms with Crippen LogP contribution in [0.5, 0.6) is 0 Å². The summed E-state index contributed by atoms with van der Waals surface area (Å²) in [4.78, 5) is 7.73. The van der Waals surface area contributed by atoms with Crippen molar-refractivity contribution in [2.24, 2.45) is 5.41 Å². The fourth-order valence-electron chi connectivity index (χ4n) is 3.14. The maximum absolute atomic E-state index is 11.7. The molecule has 0 saturated carbocycles. The number of aliphatic hydroxyl groups is 1. The number of hydrogen-bond acceptors (Lipinski definition) is 6. The molecule has 0 radical (unpaired) electrons. The van der Waals surface area contributed by atoms with Crippen LogP contribution in [-0.2, 0) is 16.3 Å². The van der Waals surface area contributed by atoms with E-state index in [0.717, 1.165) is 35.1 Å². The predicted molar refractivity (Wildman–Crippen MR) is 84.7 cm³/mol. The van der Waals surface area contributed by atoms with Gasteiger partial charge in [0.1, 0.15) is 0 Å². The molecule has 1 aliphatic heterocycles. The highest BCUT2D eigenvalue weighted by Crippen LogP contribution is 2.44. The predicted octanol–water partition coefficient (Wildman–Crippen LogP) is 1.77. The average molecular weight is 330 g/mol. The Labute approximate surface area is 129 Å². The number of hydrogen-bond donors (Lipinski definition) is 1. The quantitative estimate of drug-likeness (QED) is 0.850. The topological polar surface area (TPSA) is 70.5 Å². The zero-order valence-corrected chi connectivity index (χ0v) is 14.1. The molecule has 2 aliphatic rings. The third kappa shape index (κ3) is 3.24. The van der Waals surface area contributed by atoms with Gasteiger partial charge in [0.25, 0.3) is 0 Å². The zero-order valence-electron chi connectivity index (χ0n) is 12.5. The average Bonchev–Trinajstić information content (AvgIpc) is 2.66. The number of fused-ring (bicyclic) bond motifs is 1. The van der Waals surface area contributed by atoms with Gasteiger partial charge < -0.3 is 10.0 Å². The summed E-state index contributed by atoms with van der Waals surface area (Å²) in [6.07, 6.45) is 1.85. The largest absolute Gasteiger partial charge is 0.387 e. The van der Waals surface area contributed by atoms with Crippen molar-refractivity contribution in [3.63, 3.8) is 0 Å². The van der Waals surface area contributed by atoms with Crippen LogP contribution in [0.25, 0.3) is 0 Å². The van der Waals surface area contributed by atoms with E-state index in [1.54, 1.807) is 0 Å². The fourth-order valence-corrected chi connectivity index (χ4v) is 5.54. The van der Waals surface area contributed by atoms with Gasteiger partial charge in [0.15, 0.2) is 15.0 Å². The number of sulfone groups is 1. The van der Waals surface area contributed by atoms with Gasteiger partial charge in [0.2, 0.25) is 0 Å². The van der Waals surface area contributed by atoms with Crippen molar-refractivity contribution in [3.05, 3.63) is 10.6 Å². The van der Waals surface area contributed by atoms with Gasteiger partial charge in [-0.25, -0.2) is 13.4 Å². The maximum Gasteiger partial charge on any atom is 0.185 e. The van der Waals surface area contributed by atoms with E-state index in [9.17, 15) is 13.5 Å². The van der Waals surface area contributed by atoms with Crippen molar-refractivity contribution in [1.29, 1.82) is 0 Å². The summed E-state index contributed by atoms with van der Waals surface area (Å²) in [7, 11) is -2.91. The molecule has 7 heteroatoms. The minimum atomic E-state index is -2.91. The van der Waals surface area contributed by atoms with Crippen LogP contribution in [0.1, 0.15) is 43.4 Å². The van der Waals surface area contributed by atoms with Gasteiger partial charge in [0, 0.05) is 13.1 Å². The number of rotatable bonds is 1. The third-order valence-corrected chi connectivity index (χ3v) is 7.21. The molecule has 118 valence electrons. The van der Waals surface area contributed by atoms with E-state index in [-0.39, 0.29) is 16.9 Å². The highest BCUT2D eigenvalue weighted by atomic mass is 32.2. The van der Waals surface area contributed by atoms with E-state index < -0.39 is 15.9 Å². The van der Waals surface area contributed by atoms with Gasteiger partial charge in [-0.3, -0.25) is 0 Å². The second kappa shape index (κ2) is 5.21. The van der Waals surface area contributed by atoms with Crippen molar-refractivity contribution in [2.75, 3.05) is 29.5 Å². The zero-order chi connectivity index (χ0) is 15.3. The standard InChI is InChI=1S/C14H22N2O3S2/c1-14(2)8-10-12(11(17)9-14)20-13(15-10)16-4-3-6-21(18,19)7-5-16/h11,17H,3-9H2,1-2H3. The Morgan fingerprint density at radius 3 is 2.86 bits per heavy atom. The second-order valence-electron chi connectivity index (χ2n) is 6.86. The van der Waals surface area contributed by atoms with Crippen molar-refractivity contribution in [1.82, 2.24) is 4.98 Å². The summed E-state index contributed by atoms with van der Waals surface area (Å²) in [6, 6.07) is 0. The van der Waals surface area contributed by atoms with E-state index in [1.807, 2.05) is 0 Å². The molecule has 1 aromatic rings. The molecule has 0 bridgehead atoms. The molecule has 1 aliphatic carbocycles. The molecule has 2 heterocycles. The molecule has 3 rings (SSSR count). The second-order valence-corrected chi connectivity index (χ2v) is 10.2. The van der Waals surface area contributed by atoms with Crippen LogP contribution in [0.3, 0.4) is 0 Å². The molecule has 1 unspecified atom stereocenters. The van der Waals surface area contributed by atoms with E-state index in [0.29, 0.717) is 13.0 Å². The van der Waals surface area contributed by atoms with Gasteiger partial charge in [-0.05, 0) is 24.7 Å². The molecule has 1 fully saturated rings. The molecule has 1 atom stereocenters. The Kier molecular flexibility index (Phi) is 3.78. The Morgan fingerprint density at radius 1 is 1.33 bits per heavy atom. The molecule has 21 heavy (non-hydrogen) atoms. The van der Waals surface area contributed by atoms with Gasteiger partial charge >= 0.3 is 0 Å². The molecule has 5 nitrogen and oxygen atoms in total. The first kappa shape index (κ1) is 15.2. The highest BCUT2D eigenvalue weighted by Gasteiger charge is 2.35. The van der Waals surface area contributed by atoms with Crippen molar-refractivity contribution in [2.45, 2.75) is 39.2 Å². The normalized spacial score (nSPS) is 28.0. The number of anilines is 1. The van der Waals surface area contributed by atoms with Crippen LogP contribution < -0.4 is 4.90 Å². The lowest BCUT2D eigenvalue weighted by molar-refractivity contribution is 0.102. The van der Waals surface area contributed by atoms with Gasteiger partial charge in [-0.2, -0.15) is 0 Å². The lowest BCUT2D eigenvalue weighted by atomic mass is 9.77. The summed E-state index contributed by atoms with van der Waals surface area (Å²) in [5, 5.41) is 11.2. The Hall–Kier alpha value is -0.660. The number of nitrogens with zero attached hydrogens (tertiary/aromatic N) is 2. The van der Waals surface area contributed by atoms with Crippen LogP contribution in [0.15, 0.2) is 0 Å². The first-order chi connectivity index (χ1) is 9.76. The lowest BCUT2D eigenvalue weighted by Crippen LogP contribution is -2.27. The first-order valence-corrected chi connectivity index (χ1v) is 10.0. The summed E-state index contributed by atoms with van der Waals surface area (Å²) < 4.78 is 23.4. The monoisotopic (exact) mass is 330 g/mol. The first-order valence-electron chi connectivity index (χ1n) is 7.39. The Balaban J connectivity index is 1.85. The van der Waals surface area contributed by atoms with Crippen LogP contribution in [0.2, 0.25) is 0 Å². The maximum atomic E-state index is 11.7. The smallest absolute Gasteiger partial charge is 0.185 e. The van der Waals surface area contributed by atoms with Crippen LogP contribution in [0.4, 0.5) is 5.13 Å². The molecule has 1 N–H and O–H groups in total. The molecule has 0 amide bonds. The van der Waals surface area contributed by atoms with Crippen LogP contribution in [-0.4, -0.2) is 43.1 Å². The summed E-state index contributed by atoms with van der Waals surface area (Å²) >= 11 is 1.53. The van der Waals surface area contributed by atoms with E-state index in [1.165, 1.54) is 11.3 Å². The minimum absolute atomic E-state index is 0.0693. The number of aromatic nitrogens is 1. The van der Waals surface area contributed by atoms with Crippen molar-refractivity contribution < 1.29 is 13.5 Å². The SMILES string of the molecule is CC1(C)Cc2nc(N3CCCS(=O)(=O)CC3)sc2C(O)C1. The summed E-state index contributed by atoms with van der Waals surface area (Å²) in [6.45, 7) is 5.53. The van der Waals surface area contributed by atoms with E-state index >= 15 is 0 Å². The van der Waals surface area contributed by atoms with Crippen molar-refractivity contribution in [3.8, 4) is 0 Å². The highest BCUT2D eigenvalue weighted by molar-refractivity contribution is 7.91. The van der Waals surface area contributed by atoms with Crippen LogP contribution in [0, 0.1) is 5.41 Å². The molecular formula is C14H22N2O3S2. The molecule has 0 aromatic carbocycles. The minimum Gasteiger partial charge on any atom is -0.387 e. The lowest BCUT2D eigenvalue weighted by Gasteiger charge is -2.31. The van der Waals surface area contributed by atoms with Gasteiger partial charge in [-0.1, -0.05) is 25.2 Å². The number of aliphatic hydroxyl groups excluding tert-OH is 1. The molecule has 0 spiro atoms. The van der Waals surface area contributed by atoms with Crippen LogP contribution >= 0.6 is 11.3 Å². The van der Waals surface area contributed by atoms with E-state index in [4.69, 9.17) is 4.98 Å². The van der Waals surface area contributed by atoms with E-state index in [2.05, 4.69) is 18.7 Å². The fraction of sp³-hybridized carbons (Fsp3) is 0.786. The number of thiazole rings is 1. The molecule has 1 saturated heterocycles. The van der Waals surface area contributed by atoms with Gasteiger partial charge in [0.05, 0.1) is 28.2 Å². The van der Waals surface area contributed by atoms with Crippen molar-refractivity contribution >= 4 is 26.3 Å². The molecule has 1 aromatic heterocycles. The molecular weight excluding hydrogens is 308 g/mol. The Bertz CT molecular complexity index is 637.